The van der Waals surface area contributed by atoms with Gasteiger partial charge >= 0.3 is 0 Å². The monoisotopic (exact) mass is 258 g/mol. The molecule has 1 aliphatic rings. The van der Waals surface area contributed by atoms with E-state index < -0.39 is 0 Å². The predicted octanol–water partition coefficient (Wildman–Crippen LogP) is 3.18. The van der Waals surface area contributed by atoms with Gasteiger partial charge in [-0.1, -0.05) is 23.2 Å². The van der Waals surface area contributed by atoms with Crippen molar-refractivity contribution in [3.63, 3.8) is 0 Å². The van der Waals surface area contributed by atoms with Gasteiger partial charge in [0, 0.05) is 24.2 Å². The van der Waals surface area contributed by atoms with Crippen molar-refractivity contribution in [1.29, 1.82) is 0 Å². The number of hydrogen-bond acceptors (Lipinski definition) is 2. The molecule has 2 rings (SSSR count). The highest BCUT2D eigenvalue weighted by Crippen LogP contribution is 2.30. The van der Waals surface area contributed by atoms with Gasteiger partial charge in [-0.15, -0.1) is 0 Å². The lowest BCUT2D eigenvalue weighted by Crippen LogP contribution is -2.41. The van der Waals surface area contributed by atoms with Crippen LogP contribution in [-0.2, 0) is 0 Å². The van der Waals surface area contributed by atoms with Gasteiger partial charge in [0.2, 0.25) is 0 Å². The van der Waals surface area contributed by atoms with E-state index in [4.69, 9.17) is 23.2 Å². The molecule has 0 aliphatic carbocycles. The van der Waals surface area contributed by atoms with Crippen molar-refractivity contribution in [3.05, 3.63) is 28.2 Å². The quantitative estimate of drug-likeness (QED) is 0.877. The summed E-state index contributed by atoms with van der Waals surface area (Å²) in [7, 11) is 2.02. The average Bonchev–Trinajstić information content (AvgIpc) is 2.32. The molecule has 0 bridgehead atoms. The number of nitrogens with zero attached hydrogens (tertiary/aromatic N) is 1. The van der Waals surface area contributed by atoms with Gasteiger partial charge in [0.25, 0.3) is 0 Å². The molecule has 0 saturated carbocycles. The fourth-order valence-corrected chi connectivity index (χ4v) is 2.54. The van der Waals surface area contributed by atoms with Crippen LogP contribution in [0.15, 0.2) is 18.2 Å². The molecule has 1 aromatic rings. The smallest absolute Gasteiger partial charge is 0.0640 e. The number of benzene rings is 1. The Morgan fingerprint density at radius 2 is 1.94 bits per heavy atom. The Morgan fingerprint density at radius 1 is 1.25 bits per heavy atom. The molecular weight excluding hydrogens is 243 g/mol. The number of piperidine rings is 1. The Labute approximate surface area is 107 Å². The Bertz CT molecular complexity index is 360. The summed E-state index contributed by atoms with van der Waals surface area (Å²) in [6.45, 7) is 2.07. The van der Waals surface area contributed by atoms with E-state index in [1.165, 1.54) is 0 Å². The largest absolute Gasteiger partial charge is 0.370 e. The molecule has 2 nitrogen and oxygen atoms in total. The maximum Gasteiger partial charge on any atom is 0.0640 e. The standard InChI is InChI=1S/C12H16Cl2N2/c1-15-10-4-6-16(7-5-10)12-8-9(13)2-3-11(12)14/h2-3,8,10,15H,4-7H2,1H3. The first-order valence-electron chi connectivity index (χ1n) is 5.58. The van der Waals surface area contributed by atoms with Crippen molar-refractivity contribution in [1.82, 2.24) is 5.32 Å². The van der Waals surface area contributed by atoms with Crippen molar-refractivity contribution in [2.24, 2.45) is 0 Å². The second-order valence-corrected chi connectivity index (χ2v) is 4.99. The topological polar surface area (TPSA) is 15.3 Å². The second-order valence-electron chi connectivity index (χ2n) is 4.15. The number of halogens is 2. The molecule has 88 valence electrons. The van der Waals surface area contributed by atoms with E-state index in [1.807, 2.05) is 25.2 Å². The van der Waals surface area contributed by atoms with Crippen LogP contribution in [0.5, 0.6) is 0 Å². The van der Waals surface area contributed by atoms with Crippen molar-refractivity contribution in [2.45, 2.75) is 18.9 Å². The summed E-state index contributed by atoms with van der Waals surface area (Å²) in [4.78, 5) is 2.31. The molecule has 4 heteroatoms. The van der Waals surface area contributed by atoms with Crippen LogP contribution in [0.3, 0.4) is 0 Å². The molecule has 0 atom stereocenters. The van der Waals surface area contributed by atoms with E-state index in [9.17, 15) is 0 Å². The summed E-state index contributed by atoms with van der Waals surface area (Å²) in [5.41, 5.74) is 1.06. The van der Waals surface area contributed by atoms with Gasteiger partial charge in [0.1, 0.15) is 0 Å². The fourth-order valence-electron chi connectivity index (χ4n) is 2.14. The molecule has 0 aromatic heterocycles. The third-order valence-electron chi connectivity index (χ3n) is 3.15. The molecule has 1 saturated heterocycles. The number of hydrogen-bond donors (Lipinski definition) is 1. The highest BCUT2D eigenvalue weighted by atomic mass is 35.5. The maximum atomic E-state index is 6.18. The van der Waals surface area contributed by atoms with Crippen LogP contribution >= 0.6 is 23.2 Å². The Kier molecular flexibility index (Phi) is 3.95. The van der Waals surface area contributed by atoms with Gasteiger partial charge in [0.05, 0.1) is 10.7 Å². The van der Waals surface area contributed by atoms with Crippen LogP contribution in [0, 0.1) is 0 Å². The zero-order chi connectivity index (χ0) is 11.5. The molecule has 0 spiro atoms. The summed E-state index contributed by atoms with van der Waals surface area (Å²) in [6, 6.07) is 6.27. The Balaban J connectivity index is 2.10. The molecule has 1 aliphatic heterocycles. The first-order chi connectivity index (χ1) is 7.70. The van der Waals surface area contributed by atoms with E-state index in [-0.39, 0.29) is 0 Å². The summed E-state index contributed by atoms with van der Waals surface area (Å²) < 4.78 is 0. The molecule has 1 fully saturated rings. The Hall–Kier alpha value is -0.440. The normalized spacial score (nSPS) is 17.8. The average molecular weight is 259 g/mol. The zero-order valence-electron chi connectivity index (χ0n) is 9.34. The van der Waals surface area contributed by atoms with Gasteiger partial charge in [-0.3, -0.25) is 0 Å². The van der Waals surface area contributed by atoms with E-state index >= 15 is 0 Å². The fraction of sp³-hybridized carbons (Fsp3) is 0.500. The minimum atomic E-state index is 0.634. The van der Waals surface area contributed by atoms with E-state index in [0.29, 0.717) is 6.04 Å². The van der Waals surface area contributed by atoms with Crippen LogP contribution < -0.4 is 10.2 Å². The first kappa shape index (κ1) is 12.0. The van der Waals surface area contributed by atoms with E-state index in [1.54, 1.807) is 0 Å². The third-order valence-corrected chi connectivity index (χ3v) is 3.71. The lowest BCUT2D eigenvalue weighted by molar-refractivity contribution is 0.442. The molecule has 0 amide bonds. The summed E-state index contributed by atoms with van der Waals surface area (Å²) in [5, 5.41) is 4.85. The van der Waals surface area contributed by atoms with Crippen LogP contribution in [0.2, 0.25) is 10.0 Å². The van der Waals surface area contributed by atoms with Crippen molar-refractivity contribution >= 4 is 28.9 Å². The van der Waals surface area contributed by atoms with Crippen molar-refractivity contribution < 1.29 is 0 Å². The molecule has 1 heterocycles. The molecule has 1 N–H and O–H groups in total. The van der Waals surface area contributed by atoms with Crippen LogP contribution in [0.25, 0.3) is 0 Å². The highest BCUT2D eigenvalue weighted by Gasteiger charge is 2.19. The lowest BCUT2D eigenvalue weighted by Gasteiger charge is -2.34. The summed E-state index contributed by atoms with van der Waals surface area (Å²) in [5.74, 6) is 0. The highest BCUT2D eigenvalue weighted by molar-refractivity contribution is 6.35. The van der Waals surface area contributed by atoms with Crippen LogP contribution in [-0.4, -0.2) is 26.2 Å². The van der Waals surface area contributed by atoms with E-state index in [0.717, 1.165) is 41.7 Å². The zero-order valence-corrected chi connectivity index (χ0v) is 10.9. The second kappa shape index (κ2) is 5.26. The Morgan fingerprint density at radius 3 is 2.56 bits per heavy atom. The van der Waals surface area contributed by atoms with Crippen molar-refractivity contribution in [2.75, 3.05) is 25.0 Å². The molecule has 0 unspecified atom stereocenters. The number of anilines is 1. The number of nitrogens with one attached hydrogen (secondary N) is 1. The maximum absolute atomic E-state index is 6.18. The summed E-state index contributed by atoms with van der Waals surface area (Å²) >= 11 is 12.2. The molecular formula is C12H16Cl2N2. The van der Waals surface area contributed by atoms with Gasteiger partial charge < -0.3 is 10.2 Å². The van der Waals surface area contributed by atoms with E-state index in [2.05, 4.69) is 10.2 Å². The minimum absolute atomic E-state index is 0.634. The predicted molar refractivity (Wildman–Crippen MR) is 70.8 cm³/mol. The lowest BCUT2D eigenvalue weighted by atomic mass is 10.0. The summed E-state index contributed by atoms with van der Waals surface area (Å²) in [6.07, 6.45) is 2.30. The van der Waals surface area contributed by atoms with Gasteiger partial charge in [0.15, 0.2) is 0 Å². The van der Waals surface area contributed by atoms with Gasteiger partial charge in [-0.05, 0) is 38.1 Å². The molecule has 1 aromatic carbocycles. The van der Waals surface area contributed by atoms with Gasteiger partial charge in [-0.25, -0.2) is 0 Å². The number of rotatable bonds is 2. The van der Waals surface area contributed by atoms with Crippen molar-refractivity contribution in [3.8, 4) is 0 Å². The molecule has 16 heavy (non-hydrogen) atoms. The third kappa shape index (κ3) is 2.62. The van der Waals surface area contributed by atoms with Gasteiger partial charge in [-0.2, -0.15) is 0 Å². The minimum Gasteiger partial charge on any atom is -0.370 e. The SMILES string of the molecule is CNC1CCN(c2cc(Cl)ccc2Cl)CC1. The van der Waals surface area contributed by atoms with Crippen LogP contribution in [0.4, 0.5) is 5.69 Å². The molecule has 0 radical (unpaired) electrons. The van der Waals surface area contributed by atoms with Crippen LogP contribution in [0.1, 0.15) is 12.8 Å². The first-order valence-corrected chi connectivity index (χ1v) is 6.33.